The molecule has 0 heterocycles. The number of allylic oxidation sites excluding steroid dienone is 2. The summed E-state index contributed by atoms with van der Waals surface area (Å²) >= 11 is 2.07. The highest BCUT2D eigenvalue weighted by molar-refractivity contribution is 14.1. The van der Waals surface area contributed by atoms with Gasteiger partial charge in [-0.25, -0.2) is 0 Å². The molecule has 0 fully saturated rings. The summed E-state index contributed by atoms with van der Waals surface area (Å²) in [5.74, 6) is 0. The number of rotatable bonds is 6. The molecule has 2 N–H and O–H groups in total. The minimum atomic E-state index is -0.410. The van der Waals surface area contributed by atoms with Crippen LogP contribution in [0, 0.1) is 0 Å². The molecule has 0 aromatic rings. The molecule has 14 heavy (non-hydrogen) atoms. The molecule has 0 rings (SSSR count). The van der Waals surface area contributed by atoms with E-state index in [0.29, 0.717) is 6.42 Å². The summed E-state index contributed by atoms with van der Waals surface area (Å²) in [6.07, 6.45) is 9.53. The van der Waals surface area contributed by atoms with Gasteiger partial charge >= 0.3 is 0 Å². The van der Waals surface area contributed by atoms with E-state index in [1.54, 1.807) is 22.3 Å². The van der Waals surface area contributed by atoms with E-state index in [1.165, 1.54) is 0 Å². The lowest BCUT2D eigenvalue weighted by Crippen LogP contribution is -1.98. The SMILES string of the molecule is CC[C@@H](O)/C=C/C=C\C[C@@H](O)/C=C/I. The molecular formula is C11H17IO2. The van der Waals surface area contributed by atoms with E-state index in [0.717, 1.165) is 6.42 Å². The molecule has 0 aromatic carbocycles. The van der Waals surface area contributed by atoms with Crippen molar-refractivity contribution in [2.75, 3.05) is 0 Å². The topological polar surface area (TPSA) is 40.5 Å². The first-order valence-corrected chi connectivity index (χ1v) is 5.91. The molecule has 2 nitrogen and oxygen atoms in total. The van der Waals surface area contributed by atoms with Gasteiger partial charge in [0, 0.05) is 0 Å². The van der Waals surface area contributed by atoms with Gasteiger partial charge in [-0.15, -0.1) is 0 Å². The Morgan fingerprint density at radius 3 is 2.43 bits per heavy atom. The van der Waals surface area contributed by atoms with Crippen molar-refractivity contribution in [1.29, 1.82) is 0 Å². The van der Waals surface area contributed by atoms with Crippen LogP contribution in [0.4, 0.5) is 0 Å². The van der Waals surface area contributed by atoms with Crippen molar-refractivity contribution in [2.24, 2.45) is 0 Å². The second-order valence-electron chi connectivity index (χ2n) is 2.91. The molecule has 80 valence electrons. The van der Waals surface area contributed by atoms with E-state index >= 15 is 0 Å². The lowest BCUT2D eigenvalue weighted by molar-refractivity contribution is 0.219. The number of aliphatic hydroxyl groups excluding tert-OH is 2. The quantitative estimate of drug-likeness (QED) is 0.585. The van der Waals surface area contributed by atoms with Gasteiger partial charge in [-0.2, -0.15) is 0 Å². The van der Waals surface area contributed by atoms with Crippen molar-refractivity contribution in [1.82, 2.24) is 0 Å². The zero-order chi connectivity index (χ0) is 10.8. The molecule has 0 radical (unpaired) electrons. The van der Waals surface area contributed by atoms with Crippen molar-refractivity contribution < 1.29 is 10.2 Å². The Morgan fingerprint density at radius 1 is 1.14 bits per heavy atom. The molecule has 0 amide bonds. The van der Waals surface area contributed by atoms with E-state index in [-0.39, 0.29) is 6.10 Å². The van der Waals surface area contributed by atoms with E-state index in [2.05, 4.69) is 22.6 Å². The average Bonchev–Trinajstić information content (AvgIpc) is 2.17. The summed E-state index contributed by atoms with van der Waals surface area (Å²) in [5, 5.41) is 18.5. The minimum Gasteiger partial charge on any atom is -0.389 e. The largest absolute Gasteiger partial charge is 0.389 e. The smallest absolute Gasteiger partial charge is 0.0762 e. The minimum absolute atomic E-state index is 0.362. The van der Waals surface area contributed by atoms with Crippen LogP contribution in [0.15, 0.2) is 34.5 Å². The zero-order valence-corrected chi connectivity index (χ0v) is 10.5. The summed E-state index contributed by atoms with van der Waals surface area (Å²) in [7, 11) is 0. The van der Waals surface area contributed by atoms with Crippen molar-refractivity contribution in [3.8, 4) is 0 Å². The van der Waals surface area contributed by atoms with Gasteiger partial charge < -0.3 is 10.2 Å². The summed E-state index contributed by atoms with van der Waals surface area (Å²) < 4.78 is 1.80. The Bertz CT molecular complexity index is 209. The van der Waals surface area contributed by atoms with Crippen LogP contribution in [0.25, 0.3) is 0 Å². The normalized spacial score (nSPS) is 17.1. The molecule has 2 atom stereocenters. The Balaban J connectivity index is 3.68. The van der Waals surface area contributed by atoms with Crippen molar-refractivity contribution in [2.45, 2.75) is 32.0 Å². The van der Waals surface area contributed by atoms with Crippen LogP contribution in [-0.2, 0) is 0 Å². The molecule has 3 heteroatoms. The van der Waals surface area contributed by atoms with E-state index in [4.69, 9.17) is 5.11 Å². The first-order chi connectivity index (χ1) is 6.70. The molecule has 0 aliphatic heterocycles. The van der Waals surface area contributed by atoms with Gasteiger partial charge in [0.15, 0.2) is 0 Å². The fraction of sp³-hybridized carbons (Fsp3) is 0.455. The molecule has 0 aliphatic rings. The van der Waals surface area contributed by atoms with Gasteiger partial charge in [0.2, 0.25) is 0 Å². The maximum absolute atomic E-state index is 9.29. The van der Waals surface area contributed by atoms with Crippen LogP contribution >= 0.6 is 22.6 Å². The van der Waals surface area contributed by atoms with E-state index in [1.807, 2.05) is 19.1 Å². The molecule has 0 aromatic heterocycles. The Morgan fingerprint density at radius 2 is 1.86 bits per heavy atom. The van der Waals surface area contributed by atoms with Crippen molar-refractivity contribution >= 4 is 22.6 Å². The van der Waals surface area contributed by atoms with Gasteiger partial charge in [-0.3, -0.25) is 0 Å². The fourth-order valence-corrected chi connectivity index (χ4v) is 1.27. The summed E-state index contributed by atoms with van der Waals surface area (Å²) in [6.45, 7) is 1.92. The number of aliphatic hydroxyl groups is 2. The third kappa shape index (κ3) is 8.47. The van der Waals surface area contributed by atoms with Crippen LogP contribution in [0.2, 0.25) is 0 Å². The van der Waals surface area contributed by atoms with Crippen LogP contribution < -0.4 is 0 Å². The Labute approximate surface area is 99.2 Å². The van der Waals surface area contributed by atoms with Gasteiger partial charge in [0.1, 0.15) is 0 Å². The summed E-state index contributed by atoms with van der Waals surface area (Å²) in [5.41, 5.74) is 0. The lowest BCUT2D eigenvalue weighted by Gasteiger charge is -1.98. The molecule has 0 saturated heterocycles. The van der Waals surface area contributed by atoms with Crippen LogP contribution in [0.5, 0.6) is 0 Å². The number of halogens is 1. The predicted octanol–water partition coefficient (Wildman–Crippen LogP) is 2.57. The lowest BCUT2D eigenvalue weighted by atomic mass is 10.2. The van der Waals surface area contributed by atoms with Gasteiger partial charge in [0.05, 0.1) is 12.2 Å². The first-order valence-electron chi connectivity index (χ1n) is 4.67. The zero-order valence-electron chi connectivity index (χ0n) is 8.31. The highest BCUT2D eigenvalue weighted by Gasteiger charge is 1.92. The van der Waals surface area contributed by atoms with Gasteiger partial charge in [-0.1, -0.05) is 53.8 Å². The molecule has 0 aliphatic carbocycles. The summed E-state index contributed by atoms with van der Waals surface area (Å²) in [6, 6.07) is 0. The molecule has 0 bridgehead atoms. The van der Waals surface area contributed by atoms with Crippen LogP contribution in [0.1, 0.15) is 19.8 Å². The Hall–Kier alpha value is -0.130. The van der Waals surface area contributed by atoms with E-state index < -0.39 is 6.10 Å². The third-order valence-corrected chi connectivity index (χ3v) is 2.09. The van der Waals surface area contributed by atoms with E-state index in [9.17, 15) is 5.11 Å². The van der Waals surface area contributed by atoms with Crippen molar-refractivity contribution in [3.05, 3.63) is 34.5 Å². The highest BCUT2D eigenvalue weighted by Crippen LogP contribution is 1.98. The van der Waals surface area contributed by atoms with Crippen molar-refractivity contribution in [3.63, 3.8) is 0 Å². The highest BCUT2D eigenvalue weighted by atomic mass is 127. The Kier molecular flexibility index (Phi) is 9.34. The second-order valence-corrected chi connectivity index (χ2v) is 3.63. The number of hydrogen-bond donors (Lipinski definition) is 2. The summed E-state index contributed by atoms with van der Waals surface area (Å²) in [4.78, 5) is 0. The predicted molar refractivity (Wildman–Crippen MR) is 68.4 cm³/mol. The monoisotopic (exact) mass is 308 g/mol. The van der Waals surface area contributed by atoms with Gasteiger partial charge in [-0.05, 0) is 23.0 Å². The first kappa shape index (κ1) is 13.9. The average molecular weight is 308 g/mol. The third-order valence-electron chi connectivity index (χ3n) is 1.67. The maximum Gasteiger partial charge on any atom is 0.0762 e. The standard InChI is InChI=1S/C11H17IO2/c1-2-10(13)6-4-3-5-7-11(14)8-9-12/h3-6,8-11,13-14H,2,7H2,1H3/b5-3-,6-4+,9-8+/t10-,11-/m1/s1. The fourth-order valence-electron chi connectivity index (χ4n) is 0.788. The van der Waals surface area contributed by atoms with Gasteiger partial charge in [0.25, 0.3) is 0 Å². The maximum atomic E-state index is 9.29. The molecule has 0 spiro atoms. The molecule has 0 unspecified atom stereocenters. The molecular weight excluding hydrogens is 291 g/mol. The van der Waals surface area contributed by atoms with Crippen LogP contribution in [0.3, 0.4) is 0 Å². The number of hydrogen-bond acceptors (Lipinski definition) is 2. The second kappa shape index (κ2) is 9.43. The molecule has 0 saturated carbocycles. The van der Waals surface area contributed by atoms with Crippen LogP contribution in [-0.4, -0.2) is 22.4 Å².